The van der Waals surface area contributed by atoms with Crippen LogP contribution in [0.4, 0.5) is 5.13 Å². The van der Waals surface area contributed by atoms with Gasteiger partial charge in [0.05, 0.1) is 17.2 Å². The van der Waals surface area contributed by atoms with E-state index < -0.39 is 0 Å². The van der Waals surface area contributed by atoms with Gasteiger partial charge in [0, 0.05) is 26.1 Å². The molecule has 0 saturated heterocycles. The van der Waals surface area contributed by atoms with Crippen molar-refractivity contribution in [2.75, 3.05) is 39.1 Å². The Balaban J connectivity index is 2.04. The Hall–Kier alpha value is -0.650. The average Bonchev–Trinajstić information content (AvgIpc) is 3.05. The molecule has 1 aliphatic rings. The smallest absolute Gasteiger partial charge is 0.185 e. The fourth-order valence-electron chi connectivity index (χ4n) is 1.75. The van der Waals surface area contributed by atoms with Crippen molar-refractivity contribution in [2.24, 2.45) is 0 Å². The highest BCUT2D eigenvalue weighted by Crippen LogP contribution is 2.44. The van der Waals surface area contributed by atoms with Gasteiger partial charge in [-0.2, -0.15) is 0 Å². The summed E-state index contributed by atoms with van der Waals surface area (Å²) in [5, 5.41) is 10.4. The first-order chi connectivity index (χ1) is 8.11. The SMILES string of the molecule is CN(C)CCN(C)c1nc(C2CC2)c(CO)s1. The standard InChI is InChI=1S/C12H21N3OS/c1-14(2)6-7-15(3)12-13-11(9-4-5-9)10(8-16)17-12/h9,16H,4-8H2,1-3H3. The van der Waals surface area contributed by atoms with Crippen LogP contribution in [-0.2, 0) is 6.61 Å². The second kappa shape index (κ2) is 5.33. The Bertz CT molecular complexity index is 374. The van der Waals surface area contributed by atoms with Gasteiger partial charge in [0.1, 0.15) is 0 Å². The van der Waals surface area contributed by atoms with E-state index in [1.165, 1.54) is 12.8 Å². The molecule has 1 aromatic heterocycles. The molecule has 0 amide bonds. The van der Waals surface area contributed by atoms with Crippen LogP contribution in [0.2, 0.25) is 0 Å². The van der Waals surface area contributed by atoms with Gasteiger partial charge in [-0.3, -0.25) is 0 Å². The fourth-order valence-corrected chi connectivity index (χ4v) is 2.74. The van der Waals surface area contributed by atoms with E-state index >= 15 is 0 Å². The molecule has 1 aliphatic carbocycles. The van der Waals surface area contributed by atoms with Crippen molar-refractivity contribution in [3.63, 3.8) is 0 Å². The van der Waals surface area contributed by atoms with Gasteiger partial charge in [0.25, 0.3) is 0 Å². The molecule has 1 N–H and O–H groups in total. The zero-order valence-corrected chi connectivity index (χ0v) is 11.6. The largest absolute Gasteiger partial charge is 0.391 e. The predicted octanol–water partition coefficient (Wildman–Crippen LogP) is 1.51. The Morgan fingerprint density at radius 1 is 1.29 bits per heavy atom. The number of nitrogens with zero attached hydrogens (tertiary/aromatic N) is 3. The van der Waals surface area contributed by atoms with Crippen molar-refractivity contribution in [1.82, 2.24) is 9.88 Å². The molecule has 1 heterocycles. The maximum Gasteiger partial charge on any atom is 0.185 e. The maximum atomic E-state index is 9.35. The fraction of sp³-hybridized carbons (Fsp3) is 0.750. The van der Waals surface area contributed by atoms with Gasteiger partial charge in [-0.25, -0.2) is 4.98 Å². The van der Waals surface area contributed by atoms with E-state index in [1.807, 2.05) is 0 Å². The summed E-state index contributed by atoms with van der Waals surface area (Å²) in [6, 6.07) is 0. The Morgan fingerprint density at radius 2 is 2.00 bits per heavy atom. The Morgan fingerprint density at radius 3 is 2.53 bits per heavy atom. The first-order valence-corrected chi connectivity index (χ1v) is 6.89. The van der Waals surface area contributed by atoms with Crippen LogP contribution in [0, 0.1) is 0 Å². The molecule has 0 aliphatic heterocycles. The summed E-state index contributed by atoms with van der Waals surface area (Å²) in [7, 11) is 6.22. The van der Waals surface area contributed by atoms with Crippen molar-refractivity contribution < 1.29 is 5.11 Å². The van der Waals surface area contributed by atoms with Gasteiger partial charge < -0.3 is 14.9 Å². The topological polar surface area (TPSA) is 39.6 Å². The van der Waals surface area contributed by atoms with E-state index in [1.54, 1.807) is 11.3 Å². The molecule has 1 saturated carbocycles. The molecular weight excluding hydrogens is 234 g/mol. The number of rotatable bonds is 6. The highest BCUT2D eigenvalue weighted by Gasteiger charge is 2.29. The molecule has 5 heteroatoms. The molecular formula is C12H21N3OS. The van der Waals surface area contributed by atoms with Crippen LogP contribution >= 0.6 is 11.3 Å². The third kappa shape index (κ3) is 3.18. The first-order valence-electron chi connectivity index (χ1n) is 6.08. The second-order valence-electron chi connectivity index (χ2n) is 4.96. The van der Waals surface area contributed by atoms with Crippen LogP contribution in [-0.4, -0.2) is 49.2 Å². The van der Waals surface area contributed by atoms with Crippen molar-refractivity contribution in [3.05, 3.63) is 10.6 Å². The highest BCUT2D eigenvalue weighted by molar-refractivity contribution is 7.15. The minimum Gasteiger partial charge on any atom is -0.391 e. The van der Waals surface area contributed by atoms with Crippen LogP contribution in [0.15, 0.2) is 0 Å². The lowest BCUT2D eigenvalue weighted by Crippen LogP contribution is -2.28. The highest BCUT2D eigenvalue weighted by atomic mass is 32.1. The van der Waals surface area contributed by atoms with Gasteiger partial charge in [0.15, 0.2) is 5.13 Å². The number of aromatic nitrogens is 1. The van der Waals surface area contributed by atoms with Gasteiger partial charge >= 0.3 is 0 Å². The van der Waals surface area contributed by atoms with Crippen LogP contribution in [0.25, 0.3) is 0 Å². The number of hydrogen-bond donors (Lipinski definition) is 1. The van der Waals surface area contributed by atoms with E-state index in [0.717, 1.165) is 28.8 Å². The third-order valence-corrected chi connectivity index (χ3v) is 4.20. The molecule has 0 atom stereocenters. The monoisotopic (exact) mass is 255 g/mol. The Labute approximate surface area is 107 Å². The van der Waals surface area contributed by atoms with Crippen molar-refractivity contribution in [3.8, 4) is 0 Å². The van der Waals surface area contributed by atoms with Crippen LogP contribution < -0.4 is 4.90 Å². The van der Waals surface area contributed by atoms with E-state index in [9.17, 15) is 5.11 Å². The number of likely N-dealkylation sites (N-methyl/N-ethyl adjacent to an activating group) is 2. The number of thiazole rings is 1. The molecule has 1 fully saturated rings. The van der Waals surface area contributed by atoms with E-state index in [4.69, 9.17) is 0 Å². The Kier molecular flexibility index (Phi) is 4.01. The number of aliphatic hydroxyl groups is 1. The summed E-state index contributed by atoms with van der Waals surface area (Å²) < 4.78 is 0. The van der Waals surface area contributed by atoms with E-state index in [2.05, 4.69) is 35.9 Å². The summed E-state index contributed by atoms with van der Waals surface area (Å²) in [4.78, 5) is 10.1. The average molecular weight is 255 g/mol. The summed E-state index contributed by atoms with van der Waals surface area (Å²) in [5.41, 5.74) is 1.14. The molecule has 0 radical (unpaired) electrons. The summed E-state index contributed by atoms with van der Waals surface area (Å²) >= 11 is 1.63. The molecule has 0 aromatic carbocycles. The van der Waals surface area contributed by atoms with Gasteiger partial charge in [-0.05, 0) is 26.9 Å². The summed E-state index contributed by atoms with van der Waals surface area (Å²) in [6.45, 7) is 2.11. The number of hydrogen-bond acceptors (Lipinski definition) is 5. The van der Waals surface area contributed by atoms with E-state index in [0.29, 0.717) is 5.92 Å². The zero-order valence-electron chi connectivity index (χ0n) is 10.8. The van der Waals surface area contributed by atoms with Crippen LogP contribution in [0.5, 0.6) is 0 Å². The number of aliphatic hydroxyl groups excluding tert-OH is 1. The van der Waals surface area contributed by atoms with E-state index in [-0.39, 0.29) is 6.61 Å². The van der Waals surface area contributed by atoms with Crippen molar-refractivity contribution >= 4 is 16.5 Å². The normalized spacial score (nSPS) is 15.6. The lowest BCUT2D eigenvalue weighted by atomic mass is 10.2. The molecule has 0 spiro atoms. The second-order valence-corrected chi connectivity index (χ2v) is 6.02. The molecule has 2 rings (SSSR count). The van der Waals surface area contributed by atoms with Crippen LogP contribution in [0.3, 0.4) is 0 Å². The molecule has 0 bridgehead atoms. The lowest BCUT2D eigenvalue weighted by molar-refractivity contribution is 0.284. The van der Waals surface area contributed by atoms with Gasteiger partial charge in [-0.15, -0.1) is 0 Å². The van der Waals surface area contributed by atoms with Crippen molar-refractivity contribution in [1.29, 1.82) is 0 Å². The van der Waals surface area contributed by atoms with Crippen molar-refractivity contribution in [2.45, 2.75) is 25.4 Å². The molecule has 17 heavy (non-hydrogen) atoms. The summed E-state index contributed by atoms with van der Waals surface area (Å²) in [5.74, 6) is 0.615. The maximum absolute atomic E-state index is 9.35. The minimum atomic E-state index is 0.130. The number of anilines is 1. The minimum absolute atomic E-state index is 0.130. The molecule has 96 valence electrons. The molecule has 1 aromatic rings. The quantitative estimate of drug-likeness (QED) is 0.836. The lowest BCUT2D eigenvalue weighted by Gasteiger charge is -2.18. The first kappa shape index (κ1) is 12.8. The zero-order chi connectivity index (χ0) is 12.4. The molecule has 4 nitrogen and oxygen atoms in total. The van der Waals surface area contributed by atoms with Gasteiger partial charge in [-0.1, -0.05) is 11.3 Å². The van der Waals surface area contributed by atoms with Gasteiger partial charge in [0.2, 0.25) is 0 Å². The predicted molar refractivity (Wildman–Crippen MR) is 71.8 cm³/mol. The van der Waals surface area contributed by atoms with Crippen LogP contribution in [0.1, 0.15) is 29.3 Å². The third-order valence-electron chi connectivity index (χ3n) is 3.03. The summed E-state index contributed by atoms with van der Waals surface area (Å²) in [6.07, 6.45) is 2.47. The molecule has 0 unspecified atom stereocenters.